The lowest BCUT2D eigenvalue weighted by Gasteiger charge is -2.31. The summed E-state index contributed by atoms with van der Waals surface area (Å²) in [4.78, 5) is 1.90. The fourth-order valence-corrected chi connectivity index (χ4v) is 2.36. The van der Waals surface area contributed by atoms with Gasteiger partial charge in [0.2, 0.25) is 5.13 Å². The van der Waals surface area contributed by atoms with Crippen LogP contribution in [0.2, 0.25) is 0 Å². The lowest BCUT2D eigenvalue weighted by Crippen LogP contribution is -2.44. The highest BCUT2D eigenvalue weighted by atomic mass is 32.1. The van der Waals surface area contributed by atoms with E-state index in [2.05, 4.69) is 10.2 Å². The summed E-state index contributed by atoms with van der Waals surface area (Å²) in [7, 11) is 1.60. The number of hydrogen-bond acceptors (Lipinski definition) is 6. The normalized spacial score (nSPS) is 21.2. The third kappa shape index (κ3) is 3.08. The van der Waals surface area contributed by atoms with Crippen molar-refractivity contribution in [2.75, 3.05) is 38.3 Å². The minimum absolute atomic E-state index is 0.0485. The molecule has 5 nitrogen and oxygen atoms in total. The zero-order chi connectivity index (χ0) is 12.3. The first-order valence-electron chi connectivity index (χ1n) is 5.17. The second-order valence-corrected chi connectivity index (χ2v) is 4.61. The van der Waals surface area contributed by atoms with Gasteiger partial charge in [0.15, 0.2) is 5.01 Å². The number of anilines is 1. The smallest absolute Gasteiger partial charge is 0.291 e. The minimum Gasteiger partial charge on any atom is -0.382 e. The topological polar surface area (TPSA) is 47.5 Å². The molecule has 0 unspecified atom stereocenters. The molecule has 17 heavy (non-hydrogen) atoms. The molecule has 2 rings (SSSR count). The summed E-state index contributed by atoms with van der Waals surface area (Å²) in [5.74, 6) is 0. The molecule has 1 aromatic heterocycles. The summed E-state index contributed by atoms with van der Waals surface area (Å²) in [6.07, 6.45) is -2.61. The van der Waals surface area contributed by atoms with Crippen LogP contribution in [-0.4, -0.2) is 49.7 Å². The number of methoxy groups -OCH3 is 1. The van der Waals surface area contributed by atoms with Crippen LogP contribution in [0.1, 0.15) is 11.4 Å². The van der Waals surface area contributed by atoms with Crippen molar-refractivity contribution in [1.82, 2.24) is 10.2 Å². The summed E-state index contributed by atoms with van der Waals surface area (Å²) in [5.41, 5.74) is 0. The Hall–Kier alpha value is -0.860. The van der Waals surface area contributed by atoms with Gasteiger partial charge in [0.25, 0.3) is 6.43 Å². The molecule has 1 aromatic rings. The quantitative estimate of drug-likeness (QED) is 0.822. The van der Waals surface area contributed by atoms with E-state index in [1.54, 1.807) is 7.11 Å². The predicted octanol–water partition coefficient (Wildman–Crippen LogP) is 1.33. The van der Waals surface area contributed by atoms with Crippen LogP contribution in [0.25, 0.3) is 0 Å². The fraction of sp³-hybridized carbons (Fsp3) is 0.778. The maximum atomic E-state index is 12.4. The van der Waals surface area contributed by atoms with Crippen LogP contribution in [0.5, 0.6) is 0 Å². The maximum absolute atomic E-state index is 12.4. The molecule has 2 heterocycles. The molecular weight excluding hydrogens is 252 g/mol. The van der Waals surface area contributed by atoms with Crippen molar-refractivity contribution < 1.29 is 18.3 Å². The van der Waals surface area contributed by atoms with Crippen LogP contribution in [0.3, 0.4) is 0 Å². The van der Waals surface area contributed by atoms with Gasteiger partial charge in [-0.3, -0.25) is 0 Å². The zero-order valence-corrected chi connectivity index (χ0v) is 10.1. The molecule has 1 saturated heterocycles. The van der Waals surface area contributed by atoms with Crippen molar-refractivity contribution in [2.24, 2.45) is 0 Å². The van der Waals surface area contributed by atoms with Gasteiger partial charge in [-0.25, -0.2) is 8.78 Å². The van der Waals surface area contributed by atoms with Gasteiger partial charge in [-0.2, -0.15) is 0 Å². The summed E-state index contributed by atoms with van der Waals surface area (Å²) >= 11 is 0.925. The molecule has 1 aliphatic rings. The molecule has 1 atom stereocenters. The fourth-order valence-electron chi connectivity index (χ4n) is 1.62. The van der Waals surface area contributed by atoms with Crippen molar-refractivity contribution in [3.05, 3.63) is 5.01 Å². The maximum Gasteiger partial charge on any atom is 0.291 e. The van der Waals surface area contributed by atoms with Crippen LogP contribution in [-0.2, 0) is 9.47 Å². The number of nitrogens with zero attached hydrogens (tertiary/aromatic N) is 3. The average Bonchev–Trinajstić information content (AvgIpc) is 2.79. The van der Waals surface area contributed by atoms with Gasteiger partial charge in [0.05, 0.1) is 19.3 Å². The van der Waals surface area contributed by atoms with Crippen LogP contribution < -0.4 is 4.90 Å². The molecule has 1 fully saturated rings. The van der Waals surface area contributed by atoms with E-state index >= 15 is 0 Å². The largest absolute Gasteiger partial charge is 0.382 e. The van der Waals surface area contributed by atoms with Crippen LogP contribution >= 0.6 is 11.3 Å². The third-order valence-electron chi connectivity index (χ3n) is 2.38. The zero-order valence-electron chi connectivity index (χ0n) is 9.31. The molecule has 0 aromatic carbocycles. The SMILES string of the molecule is COC[C@@H]1CN(c2nnc(C(F)F)s2)CCO1. The molecule has 8 heteroatoms. The van der Waals surface area contributed by atoms with Gasteiger partial charge in [0, 0.05) is 20.2 Å². The molecule has 0 aliphatic carbocycles. The molecule has 0 bridgehead atoms. The van der Waals surface area contributed by atoms with Crippen LogP contribution in [0, 0.1) is 0 Å². The summed E-state index contributed by atoms with van der Waals surface area (Å²) < 4.78 is 35.3. The van der Waals surface area contributed by atoms with E-state index in [1.807, 2.05) is 4.90 Å². The molecule has 0 amide bonds. The highest BCUT2D eigenvalue weighted by molar-refractivity contribution is 7.15. The number of rotatable bonds is 4. The second-order valence-electron chi connectivity index (χ2n) is 3.62. The number of halogens is 2. The molecule has 0 saturated carbocycles. The number of alkyl halides is 2. The van der Waals surface area contributed by atoms with E-state index in [4.69, 9.17) is 9.47 Å². The van der Waals surface area contributed by atoms with Gasteiger partial charge < -0.3 is 14.4 Å². The van der Waals surface area contributed by atoms with Crippen molar-refractivity contribution in [2.45, 2.75) is 12.5 Å². The van der Waals surface area contributed by atoms with Crippen molar-refractivity contribution in [1.29, 1.82) is 0 Å². The van der Waals surface area contributed by atoms with Crippen LogP contribution in [0.15, 0.2) is 0 Å². The standard InChI is InChI=1S/C9H13F2N3O2S/c1-15-5-6-4-14(2-3-16-6)9-13-12-8(17-9)7(10)11/h6-7H,2-5H2,1H3/t6-/m0/s1. The Morgan fingerprint density at radius 1 is 1.59 bits per heavy atom. The molecule has 1 aliphatic heterocycles. The lowest BCUT2D eigenvalue weighted by molar-refractivity contribution is -0.0100. The number of ether oxygens (including phenoxy) is 2. The Labute approximate surface area is 101 Å². The minimum atomic E-state index is -2.56. The van der Waals surface area contributed by atoms with Crippen molar-refractivity contribution >= 4 is 16.5 Å². The predicted molar refractivity (Wildman–Crippen MR) is 58.7 cm³/mol. The van der Waals surface area contributed by atoms with Gasteiger partial charge in [0.1, 0.15) is 0 Å². The molecule has 0 N–H and O–H groups in total. The van der Waals surface area contributed by atoms with Gasteiger partial charge in [-0.05, 0) is 0 Å². The number of aromatic nitrogens is 2. The Balaban J connectivity index is 2.00. The van der Waals surface area contributed by atoms with Crippen molar-refractivity contribution in [3.8, 4) is 0 Å². The van der Waals surface area contributed by atoms with E-state index in [-0.39, 0.29) is 11.1 Å². The molecule has 96 valence electrons. The monoisotopic (exact) mass is 265 g/mol. The number of morpholine rings is 1. The van der Waals surface area contributed by atoms with Gasteiger partial charge in [-0.1, -0.05) is 11.3 Å². The summed E-state index contributed by atoms with van der Waals surface area (Å²) in [6, 6.07) is 0. The molecule has 0 spiro atoms. The Morgan fingerprint density at radius 3 is 3.06 bits per heavy atom. The van der Waals surface area contributed by atoms with E-state index in [1.165, 1.54) is 0 Å². The number of hydrogen-bond donors (Lipinski definition) is 0. The lowest BCUT2D eigenvalue weighted by atomic mass is 10.3. The van der Waals surface area contributed by atoms with Gasteiger partial charge in [-0.15, -0.1) is 10.2 Å². The van der Waals surface area contributed by atoms with Crippen molar-refractivity contribution in [3.63, 3.8) is 0 Å². The van der Waals surface area contributed by atoms with Gasteiger partial charge >= 0.3 is 0 Å². The summed E-state index contributed by atoms with van der Waals surface area (Å²) in [6.45, 7) is 2.25. The van der Waals surface area contributed by atoms with E-state index in [0.29, 0.717) is 31.4 Å². The first kappa shape index (κ1) is 12.6. The first-order chi connectivity index (χ1) is 8.20. The van der Waals surface area contributed by atoms with Crippen LogP contribution in [0.4, 0.5) is 13.9 Å². The third-order valence-corrected chi connectivity index (χ3v) is 3.37. The summed E-state index contributed by atoms with van der Waals surface area (Å²) in [5, 5.41) is 7.52. The van der Waals surface area contributed by atoms with E-state index in [9.17, 15) is 8.78 Å². The van der Waals surface area contributed by atoms with E-state index in [0.717, 1.165) is 11.3 Å². The first-order valence-corrected chi connectivity index (χ1v) is 5.99. The second kappa shape index (κ2) is 5.65. The Bertz CT molecular complexity index is 362. The van der Waals surface area contributed by atoms with E-state index < -0.39 is 6.43 Å². The average molecular weight is 265 g/mol. The highest BCUT2D eigenvalue weighted by Crippen LogP contribution is 2.28. The molecular formula is C9H13F2N3O2S. The Kier molecular flexibility index (Phi) is 4.19. The molecule has 0 radical (unpaired) electrons. The highest BCUT2D eigenvalue weighted by Gasteiger charge is 2.24. The Morgan fingerprint density at radius 2 is 2.41 bits per heavy atom.